The quantitative estimate of drug-likeness (QED) is 0.488. The van der Waals surface area contributed by atoms with Crippen molar-refractivity contribution in [3.63, 3.8) is 0 Å². The second-order valence-corrected chi connectivity index (χ2v) is 4.87. The van der Waals surface area contributed by atoms with E-state index in [1.807, 2.05) is 13.0 Å². The summed E-state index contributed by atoms with van der Waals surface area (Å²) < 4.78 is 4.59. The first kappa shape index (κ1) is 15.0. The van der Waals surface area contributed by atoms with Crippen molar-refractivity contribution in [3.05, 3.63) is 62.7 Å². The Bertz CT molecular complexity index is 728. The topological polar surface area (TPSA) is 69.4 Å². The van der Waals surface area contributed by atoms with Crippen LogP contribution in [-0.2, 0) is 4.74 Å². The number of methoxy groups -OCH3 is 1. The van der Waals surface area contributed by atoms with Crippen LogP contribution in [0.4, 0.5) is 5.69 Å². The number of nitrogens with zero attached hydrogens (tertiary/aromatic N) is 1. The average molecular weight is 306 g/mol. The molecule has 0 aliphatic carbocycles. The van der Waals surface area contributed by atoms with Crippen LogP contribution in [-0.4, -0.2) is 18.0 Å². The van der Waals surface area contributed by atoms with Crippen LogP contribution in [0.2, 0.25) is 5.02 Å². The fourth-order valence-electron chi connectivity index (χ4n) is 1.99. The molecule has 0 atom stereocenters. The molecule has 0 saturated carbocycles. The first-order valence-corrected chi connectivity index (χ1v) is 6.45. The molecule has 0 unspecified atom stereocenters. The summed E-state index contributed by atoms with van der Waals surface area (Å²) >= 11 is 6.18. The molecule has 0 saturated heterocycles. The molecule has 0 spiro atoms. The summed E-state index contributed by atoms with van der Waals surface area (Å²) in [4.78, 5) is 22.1. The normalized spacial score (nSPS) is 10.2. The fraction of sp³-hybridized carbons (Fsp3) is 0.133. The van der Waals surface area contributed by atoms with Crippen molar-refractivity contribution >= 4 is 23.3 Å². The maximum Gasteiger partial charge on any atom is 0.344 e. The van der Waals surface area contributed by atoms with Gasteiger partial charge in [0.2, 0.25) is 0 Å². The van der Waals surface area contributed by atoms with Crippen LogP contribution in [0.5, 0.6) is 0 Å². The van der Waals surface area contributed by atoms with Gasteiger partial charge in [-0.25, -0.2) is 4.79 Å². The second-order valence-electron chi connectivity index (χ2n) is 4.46. The summed E-state index contributed by atoms with van der Waals surface area (Å²) in [5.74, 6) is -0.758. The van der Waals surface area contributed by atoms with Crippen LogP contribution >= 0.6 is 11.6 Å². The Labute approximate surface area is 126 Å². The predicted octanol–water partition coefficient (Wildman–Crippen LogP) is 4.01. The number of ether oxygens (including phenoxy) is 1. The summed E-state index contributed by atoms with van der Waals surface area (Å²) in [7, 11) is 1.18. The standard InChI is InChI=1S/C15H12ClNO4/c1-9-3-5-11(13(16)7-9)10-4-6-14(17(19)20)12(8-10)15(18)21-2/h3-8H,1-2H3. The van der Waals surface area contributed by atoms with E-state index in [-0.39, 0.29) is 11.3 Å². The number of carbonyl (C=O) groups excluding carboxylic acids is 1. The monoisotopic (exact) mass is 305 g/mol. The smallest absolute Gasteiger partial charge is 0.344 e. The van der Waals surface area contributed by atoms with Crippen LogP contribution in [0.1, 0.15) is 15.9 Å². The summed E-state index contributed by atoms with van der Waals surface area (Å²) in [6.07, 6.45) is 0. The lowest BCUT2D eigenvalue weighted by atomic mass is 10.0. The van der Waals surface area contributed by atoms with Gasteiger partial charge in [0, 0.05) is 16.7 Å². The van der Waals surface area contributed by atoms with Crippen LogP contribution < -0.4 is 0 Å². The van der Waals surface area contributed by atoms with E-state index < -0.39 is 10.9 Å². The number of benzene rings is 2. The van der Waals surface area contributed by atoms with E-state index in [0.29, 0.717) is 16.1 Å². The minimum Gasteiger partial charge on any atom is -0.465 e. The molecule has 0 bridgehead atoms. The Morgan fingerprint density at radius 2 is 1.95 bits per heavy atom. The lowest BCUT2D eigenvalue weighted by Crippen LogP contribution is -2.05. The van der Waals surface area contributed by atoms with Crippen molar-refractivity contribution < 1.29 is 14.5 Å². The highest BCUT2D eigenvalue weighted by molar-refractivity contribution is 6.33. The molecule has 0 heterocycles. The number of nitro groups is 1. The zero-order valence-corrected chi connectivity index (χ0v) is 12.2. The summed E-state index contributed by atoms with van der Waals surface area (Å²) in [5.41, 5.74) is 1.91. The average Bonchev–Trinajstić information content (AvgIpc) is 2.45. The number of carbonyl (C=O) groups is 1. The molecule has 108 valence electrons. The molecular formula is C15H12ClNO4. The van der Waals surface area contributed by atoms with Gasteiger partial charge in [-0.2, -0.15) is 0 Å². The van der Waals surface area contributed by atoms with Crippen LogP contribution in [0.15, 0.2) is 36.4 Å². The van der Waals surface area contributed by atoms with Gasteiger partial charge in [-0.3, -0.25) is 10.1 Å². The Kier molecular flexibility index (Phi) is 4.23. The molecule has 6 heteroatoms. The van der Waals surface area contributed by atoms with E-state index >= 15 is 0 Å². The molecule has 0 fully saturated rings. The van der Waals surface area contributed by atoms with Gasteiger partial charge < -0.3 is 4.74 Å². The number of aryl methyl sites for hydroxylation is 1. The number of hydrogen-bond acceptors (Lipinski definition) is 4. The molecule has 0 N–H and O–H groups in total. The SMILES string of the molecule is COC(=O)c1cc(-c2ccc(C)cc2Cl)ccc1[N+](=O)[O-]. The third-order valence-electron chi connectivity index (χ3n) is 3.03. The second kappa shape index (κ2) is 5.93. The highest BCUT2D eigenvalue weighted by Crippen LogP contribution is 2.32. The summed E-state index contributed by atoms with van der Waals surface area (Å²) in [6.45, 7) is 1.91. The number of rotatable bonds is 3. The highest BCUT2D eigenvalue weighted by Gasteiger charge is 2.22. The maximum absolute atomic E-state index is 11.7. The molecule has 5 nitrogen and oxygen atoms in total. The van der Waals surface area contributed by atoms with Crippen LogP contribution in [0.25, 0.3) is 11.1 Å². The molecule has 2 aromatic rings. The molecule has 0 aromatic heterocycles. The zero-order valence-electron chi connectivity index (χ0n) is 11.4. The third-order valence-corrected chi connectivity index (χ3v) is 3.35. The molecule has 0 aliphatic rings. The van der Waals surface area contributed by atoms with Crippen molar-refractivity contribution in [3.8, 4) is 11.1 Å². The van der Waals surface area contributed by atoms with Gasteiger partial charge in [0.15, 0.2) is 0 Å². The maximum atomic E-state index is 11.7. The van der Waals surface area contributed by atoms with Gasteiger partial charge in [-0.05, 0) is 36.2 Å². The number of nitro benzene ring substituents is 1. The minimum atomic E-state index is -0.758. The van der Waals surface area contributed by atoms with Gasteiger partial charge in [0.1, 0.15) is 5.56 Å². The van der Waals surface area contributed by atoms with Gasteiger partial charge >= 0.3 is 5.97 Å². The lowest BCUT2D eigenvalue weighted by molar-refractivity contribution is -0.385. The van der Waals surface area contributed by atoms with Crippen LogP contribution in [0, 0.1) is 17.0 Å². The van der Waals surface area contributed by atoms with E-state index in [4.69, 9.17) is 11.6 Å². The van der Waals surface area contributed by atoms with Gasteiger partial charge in [0.05, 0.1) is 12.0 Å². The molecule has 2 rings (SSSR count). The van der Waals surface area contributed by atoms with Crippen LogP contribution in [0.3, 0.4) is 0 Å². The Balaban J connectivity index is 2.61. The summed E-state index contributed by atoms with van der Waals surface area (Å²) in [5, 5.41) is 11.5. The predicted molar refractivity (Wildman–Crippen MR) is 79.6 cm³/mol. The summed E-state index contributed by atoms with van der Waals surface area (Å²) in [6, 6.07) is 9.72. The van der Waals surface area contributed by atoms with E-state index in [2.05, 4.69) is 4.74 Å². The fourth-order valence-corrected chi connectivity index (χ4v) is 2.33. The largest absolute Gasteiger partial charge is 0.465 e. The number of esters is 1. The first-order chi connectivity index (χ1) is 9.93. The Hall–Kier alpha value is -2.40. The van der Waals surface area contributed by atoms with E-state index in [1.165, 1.54) is 19.2 Å². The minimum absolute atomic E-state index is 0.100. The molecule has 0 amide bonds. The number of hydrogen-bond donors (Lipinski definition) is 0. The number of halogens is 1. The van der Waals surface area contributed by atoms with Crippen molar-refractivity contribution in [1.82, 2.24) is 0 Å². The molecule has 2 aromatic carbocycles. The van der Waals surface area contributed by atoms with Crippen molar-refractivity contribution in [1.29, 1.82) is 0 Å². The van der Waals surface area contributed by atoms with E-state index in [1.54, 1.807) is 18.2 Å². The van der Waals surface area contributed by atoms with Crippen molar-refractivity contribution in [2.24, 2.45) is 0 Å². The Morgan fingerprint density at radius 1 is 1.24 bits per heavy atom. The van der Waals surface area contributed by atoms with Gasteiger partial charge in [-0.15, -0.1) is 0 Å². The van der Waals surface area contributed by atoms with Gasteiger partial charge in [0.25, 0.3) is 5.69 Å². The van der Waals surface area contributed by atoms with Gasteiger partial charge in [-0.1, -0.05) is 23.7 Å². The lowest BCUT2D eigenvalue weighted by Gasteiger charge is -2.08. The van der Waals surface area contributed by atoms with E-state index in [0.717, 1.165) is 5.56 Å². The van der Waals surface area contributed by atoms with Crippen molar-refractivity contribution in [2.75, 3.05) is 7.11 Å². The first-order valence-electron chi connectivity index (χ1n) is 6.07. The molecular weight excluding hydrogens is 294 g/mol. The highest BCUT2D eigenvalue weighted by atomic mass is 35.5. The Morgan fingerprint density at radius 3 is 2.52 bits per heavy atom. The van der Waals surface area contributed by atoms with Crippen molar-refractivity contribution in [2.45, 2.75) is 6.92 Å². The zero-order chi connectivity index (χ0) is 15.6. The third kappa shape index (κ3) is 3.03. The van der Waals surface area contributed by atoms with E-state index in [9.17, 15) is 14.9 Å². The molecule has 0 radical (unpaired) electrons. The molecule has 0 aliphatic heterocycles. The molecule has 21 heavy (non-hydrogen) atoms.